The van der Waals surface area contributed by atoms with E-state index >= 15 is 0 Å². The zero-order chi connectivity index (χ0) is 22.6. The predicted octanol–water partition coefficient (Wildman–Crippen LogP) is 4.33. The maximum absolute atomic E-state index is 12.9. The number of methoxy groups -OCH3 is 1. The van der Waals surface area contributed by atoms with Crippen molar-refractivity contribution < 1.29 is 27.2 Å². The number of rotatable bonds is 7. The number of hydrogen-bond donors (Lipinski definition) is 0. The fourth-order valence-corrected chi connectivity index (χ4v) is 2.80. The van der Waals surface area contributed by atoms with Gasteiger partial charge in [0.25, 0.3) is 5.89 Å². The second kappa shape index (κ2) is 9.10. The Kier molecular flexibility index (Phi) is 6.08. The molecule has 0 bridgehead atoms. The van der Waals surface area contributed by atoms with E-state index in [0.717, 1.165) is 17.7 Å². The lowest BCUT2D eigenvalue weighted by Crippen LogP contribution is -2.04. The van der Waals surface area contributed by atoms with Gasteiger partial charge in [-0.05, 0) is 24.3 Å². The van der Waals surface area contributed by atoms with Gasteiger partial charge in [-0.2, -0.15) is 23.1 Å². The van der Waals surface area contributed by atoms with Gasteiger partial charge in [-0.25, -0.2) is 4.98 Å². The van der Waals surface area contributed by atoms with E-state index < -0.39 is 11.7 Å². The summed E-state index contributed by atoms with van der Waals surface area (Å²) in [6, 6.07) is 9.80. The zero-order valence-electron chi connectivity index (χ0n) is 16.7. The van der Waals surface area contributed by atoms with Crippen LogP contribution in [0.3, 0.4) is 0 Å². The number of alkyl halides is 3. The number of halogens is 3. The maximum Gasteiger partial charge on any atom is 0.416 e. The highest BCUT2D eigenvalue weighted by Crippen LogP contribution is 2.31. The number of ether oxygens (including phenoxy) is 2. The van der Waals surface area contributed by atoms with Gasteiger partial charge in [0, 0.05) is 36.7 Å². The molecule has 8 nitrogen and oxygen atoms in total. The van der Waals surface area contributed by atoms with E-state index in [1.54, 1.807) is 37.7 Å². The molecule has 164 valence electrons. The topological polar surface area (TPSA) is 96.1 Å². The van der Waals surface area contributed by atoms with Gasteiger partial charge in [-0.15, -0.1) is 0 Å². The Morgan fingerprint density at radius 3 is 2.47 bits per heavy atom. The van der Waals surface area contributed by atoms with Gasteiger partial charge in [-0.3, -0.25) is 4.98 Å². The lowest BCUT2D eigenvalue weighted by atomic mass is 10.1. The molecule has 4 rings (SSSR count). The van der Waals surface area contributed by atoms with Crippen LogP contribution in [0.2, 0.25) is 0 Å². The van der Waals surface area contributed by atoms with E-state index in [1.165, 1.54) is 12.1 Å². The molecule has 0 fully saturated rings. The Morgan fingerprint density at radius 1 is 0.906 bits per heavy atom. The molecule has 0 spiro atoms. The van der Waals surface area contributed by atoms with Crippen LogP contribution in [0.4, 0.5) is 13.2 Å². The molecule has 0 aliphatic heterocycles. The van der Waals surface area contributed by atoms with Crippen LogP contribution in [-0.2, 0) is 24.1 Å². The van der Waals surface area contributed by atoms with Crippen LogP contribution in [0.15, 0.2) is 59.4 Å². The smallest absolute Gasteiger partial charge is 0.416 e. The van der Waals surface area contributed by atoms with E-state index in [9.17, 15) is 13.2 Å². The van der Waals surface area contributed by atoms with Gasteiger partial charge in [0.05, 0.1) is 17.9 Å². The monoisotopic (exact) mass is 443 g/mol. The van der Waals surface area contributed by atoms with Crippen LogP contribution in [0.25, 0.3) is 22.8 Å². The van der Waals surface area contributed by atoms with Gasteiger partial charge in [-0.1, -0.05) is 17.3 Å². The van der Waals surface area contributed by atoms with Crippen LogP contribution in [0.5, 0.6) is 5.88 Å². The number of nitrogens with zero attached hydrogens (tertiary/aromatic N) is 5. The molecule has 3 aromatic heterocycles. The molecule has 0 N–H and O–H groups in total. The predicted molar refractivity (Wildman–Crippen MR) is 105 cm³/mol. The van der Waals surface area contributed by atoms with Crippen molar-refractivity contribution in [1.82, 2.24) is 25.1 Å². The van der Waals surface area contributed by atoms with Crippen LogP contribution in [-0.4, -0.2) is 32.2 Å². The lowest BCUT2D eigenvalue weighted by Gasteiger charge is -2.08. The number of benzene rings is 1. The molecule has 0 amide bonds. The second-order valence-corrected chi connectivity index (χ2v) is 6.57. The lowest BCUT2D eigenvalue weighted by molar-refractivity contribution is -0.137. The van der Waals surface area contributed by atoms with Gasteiger partial charge in [0.2, 0.25) is 11.7 Å². The molecule has 0 saturated carbocycles. The Labute approximate surface area is 180 Å². The fraction of sp³-hybridized carbons (Fsp3) is 0.190. The summed E-state index contributed by atoms with van der Waals surface area (Å²) in [4.78, 5) is 16.9. The van der Waals surface area contributed by atoms with Crippen molar-refractivity contribution in [3.63, 3.8) is 0 Å². The first-order chi connectivity index (χ1) is 15.4. The molecule has 0 unspecified atom stereocenters. The summed E-state index contributed by atoms with van der Waals surface area (Å²) in [6.45, 7) is 0.113. The van der Waals surface area contributed by atoms with Gasteiger partial charge >= 0.3 is 6.18 Å². The molecule has 0 aliphatic carbocycles. The van der Waals surface area contributed by atoms with Gasteiger partial charge in [0.15, 0.2) is 12.4 Å². The highest BCUT2D eigenvalue weighted by molar-refractivity contribution is 5.56. The average Bonchev–Trinajstić information content (AvgIpc) is 3.27. The van der Waals surface area contributed by atoms with Crippen molar-refractivity contribution in [2.45, 2.75) is 19.4 Å². The van der Waals surface area contributed by atoms with Crippen LogP contribution < -0.4 is 4.74 Å². The molecule has 0 atom stereocenters. The van der Waals surface area contributed by atoms with Crippen LogP contribution in [0.1, 0.15) is 17.1 Å². The first-order valence-corrected chi connectivity index (χ1v) is 9.32. The van der Waals surface area contributed by atoms with Gasteiger partial charge < -0.3 is 14.0 Å². The quantitative estimate of drug-likeness (QED) is 0.416. The molecular formula is C21H16F3N5O3. The van der Waals surface area contributed by atoms with E-state index in [2.05, 4.69) is 25.1 Å². The molecule has 4 aromatic rings. The summed E-state index contributed by atoms with van der Waals surface area (Å²) >= 11 is 0. The Morgan fingerprint density at radius 2 is 1.72 bits per heavy atom. The first kappa shape index (κ1) is 21.4. The Balaban J connectivity index is 1.52. The fourth-order valence-electron chi connectivity index (χ4n) is 2.80. The normalized spacial score (nSPS) is 11.5. The molecule has 0 aliphatic rings. The summed E-state index contributed by atoms with van der Waals surface area (Å²) in [5.41, 5.74) is 0.721. The van der Waals surface area contributed by atoms with Gasteiger partial charge in [0.1, 0.15) is 0 Å². The molecule has 0 radical (unpaired) electrons. The summed E-state index contributed by atoms with van der Waals surface area (Å²) < 4.78 is 54.7. The van der Waals surface area contributed by atoms with E-state index in [0.29, 0.717) is 11.5 Å². The SMILES string of the molecule is COCc1cc(OCc2nc(-c3cccc(C(F)(F)F)c3)no2)nc(-c2ccncc2)n1. The van der Waals surface area contributed by atoms with Crippen molar-refractivity contribution in [3.05, 3.63) is 72.0 Å². The minimum Gasteiger partial charge on any atom is -0.467 e. The Bertz CT molecular complexity index is 1200. The maximum atomic E-state index is 12.9. The van der Waals surface area contributed by atoms with E-state index in [4.69, 9.17) is 14.0 Å². The summed E-state index contributed by atoms with van der Waals surface area (Å²) in [7, 11) is 1.54. The summed E-state index contributed by atoms with van der Waals surface area (Å²) in [6.07, 6.45) is -1.23. The molecule has 3 heterocycles. The number of hydrogen-bond acceptors (Lipinski definition) is 8. The van der Waals surface area contributed by atoms with Crippen molar-refractivity contribution in [2.24, 2.45) is 0 Å². The van der Waals surface area contributed by atoms with Crippen LogP contribution in [0, 0.1) is 0 Å². The summed E-state index contributed by atoms with van der Waals surface area (Å²) in [5.74, 6) is 0.773. The third kappa shape index (κ3) is 5.06. The highest BCUT2D eigenvalue weighted by Gasteiger charge is 2.30. The largest absolute Gasteiger partial charge is 0.467 e. The zero-order valence-corrected chi connectivity index (χ0v) is 16.7. The third-order valence-electron chi connectivity index (χ3n) is 4.25. The van der Waals surface area contributed by atoms with Crippen molar-refractivity contribution in [2.75, 3.05) is 7.11 Å². The molecule has 1 aromatic carbocycles. The number of pyridine rings is 1. The minimum atomic E-state index is -4.47. The minimum absolute atomic E-state index is 0.0231. The summed E-state index contributed by atoms with van der Waals surface area (Å²) in [5, 5.41) is 3.74. The highest BCUT2D eigenvalue weighted by atomic mass is 19.4. The van der Waals surface area contributed by atoms with E-state index in [-0.39, 0.29) is 36.4 Å². The van der Waals surface area contributed by atoms with Crippen molar-refractivity contribution in [1.29, 1.82) is 0 Å². The van der Waals surface area contributed by atoms with Crippen molar-refractivity contribution >= 4 is 0 Å². The average molecular weight is 443 g/mol. The Hall–Kier alpha value is -3.86. The second-order valence-electron chi connectivity index (χ2n) is 6.57. The van der Waals surface area contributed by atoms with Crippen molar-refractivity contribution in [3.8, 4) is 28.7 Å². The molecule has 11 heteroatoms. The first-order valence-electron chi connectivity index (χ1n) is 9.32. The molecular weight excluding hydrogens is 427 g/mol. The number of aromatic nitrogens is 5. The standard InChI is InChI=1S/C21H16F3N5O3/c1-30-11-16-10-17(27-19(26-16)13-5-7-25-8-6-13)31-12-18-28-20(29-32-18)14-3-2-4-15(9-14)21(22,23)24/h2-10H,11-12H2,1H3. The molecule has 0 saturated heterocycles. The van der Waals surface area contributed by atoms with E-state index in [1.807, 2.05) is 0 Å². The van der Waals surface area contributed by atoms with Crippen LogP contribution >= 0.6 is 0 Å². The third-order valence-corrected chi connectivity index (χ3v) is 4.25. The molecule has 32 heavy (non-hydrogen) atoms.